The number of halogens is 4. The molecule has 0 unspecified atom stereocenters. The second-order valence-corrected chi connectivity index (χ2v) is 6.54. The zero-order valence-corrected chi connectivity index (χ0v) is 15.8. The molecule has 3 rings (SSSR count). The Morgan fingerprint density at radius 2 is 1.93 bits per heavy atom. The molecule has 3 nitrogen and oxygen atoms in total. The van der Waals surface area contributed by atoms with Crippen LogP contribution >= 0.6 is 0 Å². The average molecular weight is 402 g/mol. The topological polar surface area (TPSA) is 42.0 Å². The van der Waals surface area contributed by atoms with E-state index in [9.17, 15) is 22.4 Å². The van der Waals surface area contributed by atoms with Gasteiger partial charge in [0, 0.05) is 11.9 Å². The molecule has 3 aromatic rings. The summed E-state index contributed by atoms with van der Waals surface area (Å²) in [4.78, 5) is 17.1. The van der Waals surface area contributed by atoms with Crippen molar-refractivity contribution < 1.29 is 22.4 Å². The third-order valence-electron chi connectivity index (χ3n) is 4.49. The van der Waals surface area contributed by atoms with Crippen LogP contribution in [0.4, 0.5) is 17.6 Å². The van der Waals surface area contributed by atoms with E-state index in [4.69, 9.17) is 0 Å². The van der Waals surface area contributed by atoms with Crippen molar-refractivity contribution >= 4 is 22.9 Å². The van der Waals surface area contributed by atoms with Crippen LogP contribution in [0.1, 0.15) is 39.7 Å². The van der Waals surface area contributed by atoms with Gasteiger partial charge in [-0.05, 0) is 55.3 Å². The highest BCUT2D eigenvalue weighted by molar-refractivity contribution is 6.03. The van der Waals surface area contributed by atoms with E-state index in [0.717, 1.165) is 12.1 Å². The van der Waals surface area contributed by atoms with Crippen molar-refractivity contribution in [3.05, 3.63) is 82.3 Å². The molecule has 2 aromatic carbocycles. The van der Waals surface area contributed by atoms with Crippen molar-refractivity contribution in [3.8, 4) is 0 Å². The third kappa shape index (κ3) is 4.45. The van der Waals surface area contributed by atoms with Crippen molar-refractivity contribution in [2.45, 2.75) is 26.6 Å². The molecule has 0 radical (unpaired) electrons. The first-order valence-corrected chi connectivity index (χ1v) is 8.87. The van der Waals surface area contributed by atoms with E-state index in [1.54, 1.807) is 38.1 Å². The van der Waals surface area contributed by atoms with Crippen LogP contribution in [0.15, 0.2) is 48.5 Å². The number of hydrogen-bond acceptors (Lipinski definition) is 2. The summed E-state index contributed by atoms with van der Waals surface area (Å²) < 4.78 is 52.4. The molecular weight excluding hydrogens is 384 g/mol. The van der Waals surface area contributed by atoms with Crippen LogP contribution in [-0.2, 0) is 12.7 Å². The van der Waals surface area contributed by atoms with Gasteiger partial charge in [0.1, 0.15) is 5.82 Å². The summed E-state index contributed by atoms with van der Waals surface area (Å²) >= 11 is 0. The van der Waals surface area contributed by atoms with Crippen molar-refractivity contribution in [2.24, 2.45) is 0 Å². The van der Waals surface area contributed by atoms with Crippen molar-refractivity contribution in [3.63, 3.8) is 0 Å². The average Bonchev–Trinajstić information content (AvgIpc) is 2.65. The Balaban J connectivity index is 2.02. The fourth-order valence-electron chi connectivity index (χ4n) is 3.11. The second-order valence-electron chi connectivity index (χ2n) is 6.54. The largest absolute Gasteiger partial charge is 0.416 e. The van der Waals surface area contributed by atoms with Gasteiger partial charge in [0.05, 0.1) is 22.3 Å². The van der Waals surface area contributed by atoms with Crippen LogP contribution in [0.3, 0.4) is 0 Å². The van der Waals surface area contributed by atoms with E-state index in [0.29, 0.717) is 16.5 Å². The van der Waals surface area contributed by atoms with Gasteiger partial charge < -0.3 is 5.32 Å². The van der Waals surface area contributed by atoms with E-state index < -0.39 is 23.5 Å². The zero-order valence-electron chi connectivity index (χ0n) is 15.8. The molecule has 0 aliphatic rings. The molecule has 7 heteroatoms. The number of carbonyl (C=O) groups excluding carboxylic acids is 1. The number of aromatic nitrogens is 1. The molecular formula is C22H18F4N2O. The van der Waals surface area contributed by atoms with Crippen LogP contribution < -0.4 is 5.32 Å². The number of benzene rings is 2. The Bertz CT molecular complexity index is 1100. The maximum absolute atomic E-state index is 13.3. The molecule has 1 N–H and O–H groups in total. The molecule has 0 atom stereocenters. The first-order chi connectivity index (χ1) is 13.7. The first-order valence-electron chi connectivity index (χ1n) is 8.87. The molecule has 0 saturated heterocycles. The highest BCUT2D eigenvalue weighted by Gasteiger charge is 2.31. The molecule has 1 aromatic heterocycles. The Kier molecular flexibility index (Phi) is 5.68. The lowest BCUT2D eigenvalue weighted by Crippen LogP contribution is -2.25. The fourth-order valence-corrected chi connectivity index (χ4v) is 3.11. The van der Waals surface area contributed by atoms with E-state index >= 15 is 0 Å². The van der Waals surface area contributed by atoms with Gasteiger partial charge in [0.15, 0.2) is 0 Å². The minimum Gasteiger partial charge on any atom is -0.348 e. The lowest BCUT2D eigenvalue weighted by molar-refractivity contribution is -0.137. The molecule has 1 amide bonds. The minimum atomic E-state index is -4.48. The van der Waals surface area contributed by atoms with Gasteiger partial charge in [0.2, 0.25) is 0 Å². The summed E-state index contributed by atoms with van der Waals surface area (Å²) in [7, 11) is 0. The Hall–Kier alpha value is -3.22. The summed E-state index contributed by atoms with van der Waals surface area (Å²) in [5, 5.41) is 3.18. The van der Waals surface area contributed by atoms with Crippen LogP contribution in [-0.4, -0.2) is 10.9 Å². The number of fused-ring (bicyclic) bond motifs is 1. The van der Waals surface area contributed by atoms with Gasteiger partial charge in [-0.1, -0.05) is 24.3 Å². The Morgan fingerprint density at radius 3 is 2.59 bits per heavy atom. The molecule has 29 heavy (non-hydrogen) atoms. The smallest absolute Gasteiger partial charge is 0.348 e. The van der Waals surface area contributed by atoms with Gasteiger partial charge >= 0.3 is 6.18 Å². The standard InChI is InChI=1S/C22H18F4N2O/c1-3-5-18-20(21(29)27-12-14-6-4-7-16(23)10-14)13(2)17-9-8-15(22(24,25)26)11-19(17)28-18/h3-11H,12H2,1-2H3,(H,27,29)/b5-3+. The van der Waals surface area contributed by atoms with Crippen molar-refractivity contribution in [2.75, 3.05) is 0 Å². The minimum absolute atomic E-state index is 0.108. The van der Waals surface area contributed by atoms with Crippen molar-refractivity contribution in [1.29, 1.82) is 0 Å². The number of nitrogens with one attached hydrogen (secondary N) is 1. The number of aryl methyl sites for hydroxylation is 1. The normalized spacial score (nSPS) is 11.9. The number of allylic oxidation sites excluding steroid dienone is 1. The number of amides is 1. The first kappa shape index (κ1) is 20.5. The fraction of sp³-hybridized carbons (Fsp3) is 0.182. The molecule has 0 aliphatic heterocycles. The molecule has 1 heterocycles. The molecule has 0 aliphatic carbocycles. The summed E-state index contributed by atoms with van der Waals surface area (Å²) in [6.07, 6.45) is -1.25. The maximum atomic E-state index is 13.3. The van der Waals surface area contributed by atoms with Gasteiger partial charge in [-0.15, -0.1) is 0 Å². The number of rotatable bonds is 4. The van der Waals surface area contributed by atoms with Crippen LogP contribution in [0.25, 0.3) is 17.0 Å². The lowest BCUT2D eigenvalue weighted by atomic mass is 9.99. The molecule has 150 valence electrons. The van der Waals surface area contributed by atoms with E-state index in [1.165, 1.54) is 18.2 Å². The summed E-state index contributed by atoms with van der Waals surface area (Å²) in [6.45, 7) is 3.50. The van der Waals surface area contributed by atoms with Crippen LogP contribution in [0.5, 0.6) is 0 Å². The maximum Gasteiger partial charge on any atom is 0.416 e. The Morgan fingerprint density at radius 1 is 1.17 bits per heavy atom. The van der Waals surface area contributed by atoms with Gasteiger partial charge in [-0.3, -0.25) is 4.79 Å². The van der Waals surface area contributed by atoms with Crippen LogP contribution in [0.2, 0.25) is 0 Å². The van der Waals surface area contributed by atoms with E-state index in [1.807, 2.05) is 0 Å². The number of alkyl halides is 3. The number of pyridine rings is 1. The predicted octanol–water partition coefficient (Wildman–Crippen LogP) is 5.66. The quantitative estimate of drug-likeness (QED) is 0.572. The monoisotopic (exact) mass is 402 g/mol. The third-order valence-corrected chi connectivity index (χ3v) is 4.49. The zero-order chi connectivity index (χ0) is 21.2. The van der Waals surface area contributed by atoms with Crippen molar-refractivity contribution in [1.82, 2.24) is 10.3 Å². The van der Waals surface area contributed by atoms with Gasteiger partial charge in [-0.25, -0.2) is 9.37 Å². The predicted molar refractivity (Wildman–Crippen MR) is 104 cm³/mol. The Labute approximate surface area is 165 Å². The molecule has 0 bridgehead atoms. The van der Waals surface area contributed by atoms with E-state index in [2.05, 4.69) is 10.3 Å². The summed E-state index contributed by atoms with van der Waals surface area (Å²) in [6, 6.07) is 9.12. The molecule has 0 saturated carbocycles. The summed E-state index contributed by atoms with van der Waals surface area (Å²) in [5.74, 6) is -0.843. The molecule has 0 spiro atoms. The van der Waals surface area contributed by atoms with Gasteiger partial charge in [0.25, 0.3) is 5.91 Å². The highest BCUT2D eigenvalue weighted by Crippen LogP contribution is 2.33. The van der Waals surface area contributed by atoms with Crippen LogP contribution in [0, 0.1) is 12.7 Å². The SMILES string of the molecule is C/C=C/c1nc2cc(C(F)(F)F)ccc2c(C)c1C(=O)NCc1cccc(F)c1. The number of carbonyl (C=O) groups is 1. The number of hydrogen-bond donors (Lipinski definition) is 1. The molecule has 0 fully saturated rings. The summed E-state index contributed by atoms with van der Waals surface area (Å²) in [5.41, 5.74) is 1.01. The highest BCUT2D eigenvalue weighted by atomic mass is 19.4. The van der Waals surface area contributed by atoms with Gasteiger partial charge in [-0.2, -0.15) is 13.2 Å². The second kappa shape index (κ2) is 8.03. The lowest BCUT2D eigenvalue weighted by Gasteiger charge is -2.15. The number of nitrogens with zero attached hydrogens (tertiary/aromatic N) is 1. The van der Waals surface area contributed by atoms with E-state index in [-0.39, 0.29) is 23.3 Å².